The predicted octanol–water partition coefficient (Wildman–Crippen LogP) is 1.93. The number of nitrogens with zero attached hydrogens (tertiary/aromatic N) is 1. The maximum Gasteiger partial charge on any atom is 0.251 e. The number of carbonyl (C=O) groups excluding carboxylic acids is 1. The molecule has 2 aromatic rings. The first-order valence-electron chi connectivity index (χ1n) is 8.00. The molecule has 0 heterocycles. The maximum absolute atomic E-state index is 12.1. The zero-order chi connectivity index (χ0) is 18.2. The number of aliphatic hydroxyl groups is 1. The minimum Gasteiger partial charge on any atom is -0.497 e. The lowest BCUT2D eigenvalue weighted by atomic mass is 10.2. The Labute approximate surface area is 148 Å². The summed E-state index contributed by atoms with van der Waals surface area (Å²) in [5.74, 6) is 1.14. The standard InChI is InChI=1S/C19H24N2O4/c1-21(2)15-6-4-14(5-7-15)19(23)20-12-16(22)13-25-18-10-8-17(24-3)9-11-18/h4-11,16,22H,12-13H2,1-3H3,(H,20,23). The number of anilines is 1. The molecule has 2 rings (SSSR count). The second kappa shape index (κ2) is 8.94. The molecule has 2 aromatic carbocycles. The number of benzene rings is 2. The molecule has 1 unspecified atom stereocenters. The Morgan fingerprint density at radius 1 is 1.08 bits per heavy atom. The van der Waals surface area contributed by atoms with Gasteiger partial charge in [-0.05, 0) is 48.5 Å². The first-order valence-corrected chi connectivity index (χ1v) is 8.00. The van der Waals surface area contributed by atoms with Crippen LogP contribution in [-0.2, 0) is 0 Å². The Balaban J connectivity index is 1.76. The maximum atomic E-state index is 12.1. The molecule has 1 amide bonds. The number of hydrogen-bond acceptors (Lipinski definition) is 5. The van der Waals surface area contributed by atoms with Crippen molar-refractivity contribution in [2.24, 2.45) is 0 Å². The van der Waals surface area contributed by atoms with Crippen LogP contribution in [0.15, 0.2) is 48.5 Å². The van der Waals surface area contributed by atoms with Crippen molar-refractivity contribution in [2.45, 2.75) is 6.10 Å². The molecule has 0 bridgehead atoms. The SMILES string of the molecule is COc1ccc(OCC(O)CNC(=O)c2ccc(N(C)C)cc2)cc1. The van der Waals surface area contributed by atoms with Gasteiger partial charge in [0.2, 0.25) is 0 Å². The van der Waals surface area contributed by atoms with E-state index >= 15 is 0 Å². The van der Waals surface area contributed by atoms with Crippen LogP contribution in [0.1, 0.15) is 10.4 Å². The van der Waals surface area contributed by atoms with E-state index in [1.807, 2.05) is 31.1 Å². The lowest BCUT2D eigenvalue weighted by Gasteiger charge is -2.14. The normalized spacial score (nSPS) is 11.5. The van der Waals surface area contributed by atoms with Gasteiger partial charge in [-0.25, -0.2) is 0 Å². The lowest BCUT2D eigenvalue weighted by Crippen LogP contribution is -2.35. The summed E-state index contributed by atoms with van der Waals surface area (Å²) in [4.78, 5) is 14.0. The zero-order valence-electron chi connectivity index (χ0n) is 14.7. The summed E-state index contributed by atoms with van der Waals surface area (Å²) < 4.78 is 10.6. The number of methoxy groups -OCH3 is 1. The van der Waals surface area contributed by atoms with Crippen LogP contribution in [0, 0.1) is 0 Å². The number of rotatable bonds is 8. The Bertz CT molecular complexity index is 669. The molecule has 0 spiro atoms. The number of hydrogen-bond donors (Lipinski definition) is 2. The van der Waals surface area contributed by atoms with Crippen LogP contribution in [0.4, 0.5) is 5.69 Å². The Morgan fingerprint density at radius 2 is 1.68 bits per heavy atom. The number of ether oxygens (including phenoxy) is 2. The van der Waals surface area contributed by atoms with Crippen molar-refractivity contribution in [3.8, 4) is 11.5 Å². The molecule has 0 fully saturated rings. The van der Waals surface area contributed by atoms with Gasteiger partial charge in [-0.3, -0.25) is 4.79 Å². The molecule has 0 aliphatic rings. The molecule has 6 nitrogen and oxygen atoms in total. The molecule has 1 atom stereocenters. The monoisotopic (exact) mass is 344 g/mol. The summed E-state index contributed by atoms with van der Waals surface area (Å²) in [7, 11) is 5.47. The summed E-state index contributed by atoms with van der Waals surface area (Å²) in [6.07, 6.45) is -0.799. The van der Waals surface area contributed by atoms with E-state index < -0.39 is 6.10 Å². The topological polar surface area (TPSA) is 71.0 Å². The lowest BCUT2D eigenvalue weighted by molar-refractivity contribution is 0.0843. The van der Waals surface area contributed by atoms with Gasteiger partial charge in [0.1, 0.15) is 24.2 Å². The number of carbonyl (C=O) groups is 1. The molecule has 134 valence electrons. The first-order chi connectivity index (χ1) is 12.0. The highest BCUT2D eigenvalue weighted by Crippen LogP contribution is 2.17. The smallest absolute Gasteiger partial charge is 0.251 e. The largest absolute Gasteiger partial charge is 0.497 e. The third kappa shape index (κ3) is 5.69. The van der Waals surface area contributed by atoms with Crippen LogP contribution >= 0.6 is 0 Å². The van der Waals surface area contributed by atoms with Crippen LogP contribution in [0.25, 0.3) is 0 Å². The van der Waals surface area contributed by atoms with E-state index in [9.17, 15) is 9.90 Å². The average Bonchev–Trinajstić information content (AvgIpc) is 2.64. The van der Waals surface area contributed by atoms with E-state index in [4.69, 9.17) is 9.47 Å². The van der Waals surface area contributed by atoms with Crippen molar-refractivity contribution in [1.29, 1.82) is 0 Å². The molecule has 0 aliphatic carbocycles. The summed E-state index contributed by atoms with van der Waals surface area (Å²) >= 11 is 0. The minimum atomic E-state index is -0.799. The molecule has 0 radical (unpaired) electrons. The summed E-state index contributed by atoms with van der Waals surface area (Å²) in [5, 5.41) is 12.7. The van der Waals surface area contributed by atoms with E-state index in [0.29, 0.717) is 11.3 Å². The average molecular weight is 344 g/mol. The molecule has 25 heavy (non-hydrogen) atoms. The summed E-state index contributed by atoms with van der Waals surface area (Å²) in [5.41, 5.74) is 1.57. The third-order valence-electron chi connectivity index (χ3n) is 3.65. The highest BCUT2D eigenvalue weighted by molar-refractivity contribution is 5.94. The Morgan fingerprint density at radius 3 is 2.24 bits per heavy atom. The highest BCUT2D eigenvalue weighted by atomic mass is 16.5. The second-order valence-electron chi connectivity index (χ2n) is 5.79. The van der Waals surface area contributed by atoms with Crippen LogP contribution < -0.4 is 19.7 Å². The molecule has 6 heteroatoms. The van der Waals surface area contributed by atoms with E-state index in [2.05, 4.69) is 5.32 Å². The van der Waals surface area contributed by atoms with Gasteiger partial charge in [-0.1, -0.05) is 0 Å². The van der Waals surface area contributed by atoms with Crippen molar-refractivity contribution in [3.63, 3.8) is 0 Å². The van der Waals surface area contributed by atoms with Gasteiger partial charge < -0.3 is 24.8 Å². The predicted molar refractivity (Wildman–Crippen MR) is 97.6 cm³/mol. The molecular weight excluding hydrogens is 320 g/mol. The van der Waals surface area contributed by atoms with Gasteiger partial charge in [0.15, 0.2) is 0 Å². The third-order valence-corrected chi connectivity index (χ3v) is 3.65. The van der Waals surface area contributed by atoms with Crippen molar-refractivity contribution in [1.82, 2.24) is 5.32 Å². The van der Waals surface area contributed by atoms with Crippen molar-refractivity contribution in [2.75, 3.05) is 39.3 Å². The molecule has 0 saturated heterocycles. The van der Waals surface area contributed by atoms with Crippen molar-refractivity contribution in [3.05, 3.63) is 54.1 Å². The van der Waals surface area contributed by atoms with Crippen LogP contribution in [0.3, 0.4) is 0 Å². The van der Waals surface area contributed by atoms with Crippen LogP contribution in [0.2, 0.25) is 0 Å². The quantitative estimate of drug-likeness (QED) is 0.766. The molecular formula is C19H24N2O4. The van der Waals surface area contributed by atoms with Gasteiger partial charge in [-0.15, -0.1) is 0 Å². The molecule has 0 aromatic heterocycles. The van der Waals surface area contributed by atoms with Crippen LogP contribution in [-0.4, -0.2) is 51.5 Å². The fourth-order valence-electron chi connectivity index (χ4n) is 2.15. The van der Waals surface area contributed by atoms with Gasteiger partial charge in [0.05, 0.1) is 7.11 Å². The van der Waals surface area contributed by atoms with Crippen molar-refractivity contribution >= 4 is 11.6 Å². The van der Waals surface area contributed by atoms with Crippen molar-refractivity contribution < 1.29 is 19.4 Å². The second-order valence-corrected chi connectivity index (χ2v) is 5.79. The van der Waals surface area contributed by atoms with E-state index in [-0.39, 0.29) is 19.1 Å². The van der Waals surface area contributed by atoms with Gasteiger partial charge in [0.25, 0.3) is 5.91 Å². The Kier molecular flexibility index (Phi) is 6.65. The summed E-state index contributed by atoms with van der Waals surface area (Å²) in [6.45, 7) is 0.205. The number of nitrogens with one attached hydrogen (secondary N) is 1. The fraction of sp³-hybridized carbons (Fsp3) is 0.316. The van der Waals surface area contributed by atoms with Gasteiger partial charge >= 0.3 is 0 Å². The van der Waals surface area contributed by atoms with E-state index in [1.54, 1.807) is 43.5 Å². The minimum absolute atomic E-state index is 0.0895. The highest BCUT2D eigenvalue weighted by Gasteiger charge is 2.10. The fourth-order valence-corrected chi connectivity index (χ4v) is 2.15. The van der Waals surface area contributed by atoms with E-state index in [0.717, 1.165) is 11.4 Å². The van der Waals surface area contributed by atoms with Crippen LogP contribution in [0.5, 0.6) is 11.5 Å². The zero-order valence-corrected chi connectivity index (χ0v) is 14.7. The van der Waals surface area contributed by atoms with Gasteiger partial charge in [0, 0.05) is 31.9 Å². The van der Waals surface area contributed by atoms with Gasteiger partial charge in [-0.2, -0.15) is 0 Å². The Hall–Kier alpha value is -2.73. The first kappa shape index (κ1) is 18.6. The van der Waals surface area contributed by atoms with E-state index in [1.165, 1.54) is 0 Å². The molecule has 0 aliphatic heterocycles. The molecule has 2 N–H and O–H groups in total. The number of aliphatic hydroxyl groups excluding tert-OH is 1. The summed E-state index contributed by atoms with van der Waals surface area (Å²) in [6, 6.07) is 14.3. The molecule has 0 saturated carbocycles. The number of amides is 1.